The van der Waals surface area contributed by atoms with Gasteiger partial charge in [0.05, 0.1) is 0 Å². The zero-order chi connectivity index (χ0) is 16.1. The van der Waals surface area contributed by atoms with Crippen molar-refractivity contribution >= 4 is 35.8 Å². The second-order valence-corrected chi connectivity index (χ2v) is 5.61. The number of rotatable bonds is 6. The van der Waals surface area contributed by atoms with Crippen LogP contribution in [0.4, 0.5) is 0 Å². The summed E-state index contributed by atoms with van der Waals surface area (Å²) >= 11 is 0. The number of carbonyl (C=O) groups excluding carboxylic acids is 1. The molecule has 1 amide bonds. The minimum Gasteiger partial charge on any atom is -0.454 e. The summed E-state index contributed by atoms with van der Waals surface area (Å²) in [5.74, 6) is 2.66. The summed E-state index contributed by atoms with van der Waals surface area (Å²) in [4.78, 5) is 15.7. The number of guanidine groups is 1. The summed E-state index contributed by atoms with van der Waals surface area (Å²) in [7, 11) is 1.72. The van der Waals surface area contributed by atoms with Gasteiger partial charge >= 0.3 is 0 Å². The van der Waals surface area contributed by atoms with Crippen LogP contribution >= 0.6 is 24.0 Å². The molecule has 1 saturated carbocycles. The fourth-order valence-electron chi connectivity index (χ4n) is 2.31. The van der Waals surface area contributed by atoms with Crippen LogP contribution in [0.25, 0.3) is 0 Å². The first-order valence-electron chi connectivity index (χ1n) is 7.87. The molecule has 1 aromatic rings. The molecule has 0 atom stereocenters. The van der Waals surface area contributed by atoms with E-state index in [1.807, 2.05) is 18.2 Å². The number of fused-ring (bicyclic) bond motifs is 1. The number of nitrogens with one attached hydrogen (secondary N) is 3. The molecule has 0 aromatic heterocycles. The van der Waals surface area contributed by atoms with Crippen LogP contribution in [-0.2, 0) is 11.3 Å². The summed E-state index contributed by atoms with van der Waals surface area (Å²) in [6.07, 6.45) is 2.05. The zero-order valence-corrected chi connectivity index (χ0v) is 16.0. The van der Waals surface area contributed by atoms with Crippen molar-refractivity contribution in [2.75, 3.05) is 26.9 Å². The Labute approximate surface area is 158 Å². The van der Waals surface area contributed by atoms with Gasteiger partial charge in [-0.3, -0.25) is 9.79 Å². The van der Waals surface area contributed by atoms with Gasteiger partial charge in [-0.1, -0.05) is 6.07 Å². The van der Waals surface area contributed by atoms with Gasteiger partial charge in [-0.15, -0.1) is 24.0 Å². The number of carbonyl (C=O) groups is 1. The second kappa shape index (κ2) is 8.95. The monoisotopic (exact) mass is 446 g/mol. The highest BCUT2D eigenvalue weighted by Crippen LogP contribution is 2.32. The maximum Gasteiger partial charge on any atom is 0.231 e. The molecule has 1 aliphatic carbocycles. The maximum absolute atomic E-state index is 11.5. The van der Waals surface area contributed by atoms with Gasteiger partial charge in [-0.2, -0.15) is 0 Å². The van der Waals surface area contributed by atoms with E-state index in [-0.39, 0.29) is 42.6 Å². The Hall–Kier alpha value is -1.71. The van der Waals surface area contributed by atoms with Crippen LogP contribution < -0.4 is 25.4 Å². The fraction of sp³-hybridized carbons (Fsp3) is 0.500. The van der Waals surface area contributed by atoms with Crippen molar-refractivity contribution < 1.29 is 14.3 Å². The fourth-order valence-corrected chi connectivity index (χ4v) is 2.31. The van der Waals surface area contributed by atoms with Crippen molar-refractivity contribution in [2.45, 2.75) is 19.4 Å². The summed E-state index contributed by atoms with van der Waals surface area (Å²) < 4.78 is 10.7. The van der Waals surface area contributed by atoms with Crippen LogP contribution in [0.3, 0.4) is 0 Å². The molecule has 3 N–H and O–H groups in total. The van der Waals surface area contributed by atoms with E-state index in [4.69, 9.17) is 9.47 Å². The van der Waals surface area contributed by atoms with Gasteiger partial charge in [0.15, 0.2) is 17.5 Å². The second-order valence-electron chi connectivity index (χ2n) is 5.61. The van der Waals surface area contributed by atoms with Gasteiger partial charge in [0.1, 0.15) is 0 Å². The van der Waals surface area contributed by atoms with Crippen molar-refractivity contribution in [1.82, 2.24) is 16.0 Å². The third kappa shape index (κ3) is 5.15. The van der Waals surface area contributed by atoms with Crippen LogP contribution in [0.2, 0.25) is 0 Å². The molecule has 24 heavy (non-hydrogen) atoms. The van der Waals surface area contributed by atoms with Crippen LogP contribution in [0, 0.1) is 5.92 Å². The molecule has 0 unspecified atom stereocenters. The quantitative estimate of drug-likeness (QED) is 0.265. The smallest absolute Gasteiger partial charge is 0.231 e. The molecule has 8 heteroatoms. The Morgan fingerprint density at radius 1 is 1.17 bits per heavy atom. The molecule has 2 aliphatic rings. The summed E-state index contributed by atoms with van der Waals surface area (Å²) in [6, 6.07) is 5.85. The number of nitrogens with zero attached hydrogens (tertiary/aromatic N) is 1. The molecular weight excluding hydrogens is 423 g/mol. The molecule has 0 spiro atoms. The molecule has 132 valence electrons. The van der Waals surface area contributed by atoms with Gasteiger partial charge < -0.3 is 25.4 Å². The lowest BCUT2D eigenvalue weighted by Gasteiger charge is -2.12. The highest BCUT2D eigenvalue weighted by Gasteiger charge is 2.28. The zero-order valence-electron chi connectivity index (χ0n) is 13.6. The van der Waals surface area contributed by atoms with Crippen molar-refractivity contribution in [3.8, 4) is 11.5 Å². The van der Waals surface area contributed by atoms with E-state index in [9.17, 15) is 4.79 Å². The lowest BCUT2D eigenvalue weighted by Crippen LogP contribution is -2.41. The Kier molecular flexibility index (Phi) is 6.95. The van der Waals surface area contributed by atoms with E-state index in [0.29, 0.717) is 25.6 Å². The number of hydrogen-bond acceptors (Lipinski definition) is 4. The third-order valence-corrected chi connectivity index (χ3v) is 3.79. The maximum atomic E-state index is 11.5. The van der Waals surface area contributed by atoms with E-state index in [1.54, 1.807) is 7.05 Å². The summed E-state index contributed by atoms with van der Waals surface area (Å²) in [5.41, 5.74) is 1.08. The molecule has 1 aliphatic heterocycles. The molecule has 3 rings (SSSR count). The summed E-state index contributed by atoms with van der Waals surface area (Å²) in [5, 5.41) is 9.32. The largest absolute Gasteiger partial charge is 0.454 e. The Balaban J connectivity index is 0.00000208. The molecule has 0 radical (unpaired) electrons. The Bertz CT molecular complexity index is 605. The molecule has 0 bridgehead atoms. The average Bonchev–Trinajstić information content (AvgIpc) is 3.32. The minimum atomic E-state index is 0. The highest BCUT2D eigenvalue weighted by molar-refractivity contribution is 14.0. The van der Waals surface area contributed by atoms with Gasteiger partial charge in [0, 0.05) is 32.6 Å². The number of aliphatic imine (C=N–C) groups is 1. The Morgan fingerprint density at radius 3 is 2.67 bits per heavy atom. The predicted molar refractivity (Wildman–Crippen MR) is 102 cm³/mol. The van der Waals surface area contributed by atoms with Gasteiger partial charge in [-0.25, -0.2) is 0 Å². The highest BCUT2D eigenvalue weighted by atomic mass is 127. The van der Waals surface area contributed by atoms with Crippen molar-refractivity contribution in [1.29, 1.82) is 0 Å². The molecule has 7 nitrogen and oxygen atoms in total. The van der Waals surface area contributed by atoms with Crippen LogP contribution in [0.15, 0.2) is 23.2 Å². The van der Waals surface area contributed by atoms with Crippen molar-refractivity contribution in [2.24, 2.45) is 10.9 Å². The van der Waals surface area contributed by atoms with E-state index in [1.165, 1.54) is 0 Å². The van der Waals surface area contributed by atoms with E-state index >= 15 is 0 Å². The first kappa shape index (κ1) is 18.6. The van der Waals surface area contributed by atoms with Crippen LogP contribution in [0.5, 0.6) is 11.5 Å². The molecule has 1 aromatic carbocycles. The van der Waals surface area contributed by atoms with Crippen LogP contribution in [0.1, 0.15) is 18.4 Å². The van der Waals surface area contributed by atoms with E-state index in [0.717, 1.165) is 29.9 Å². The first-order chi connectivity index (χ1) is 11.3. The van der Waals surface area contributed by atoms with Crippen LogP contribution in [-0.4, -0.2) is 38.8 Å². The van der Waals surface area contributed by atoms with E-state index < -0.39 is 0 Å². The number of halogens is 1. The lowest BCUT2D eigenvalue weighted by molar-refractivity contribution is -0.122. The minimum absolute atomic E-state index is 0. The molecule has 1 heterocycles. The number of ether oxygens (including phenoxy) is 2. The SMILES string of the molecule is CN=C(NCCNC(=O)C1CC1)NCc1ccc2c(c1)OCO2.I. The third-order valence-electron chi connectivity index (χ3n) is 3.79. The Morgan fingerprint density at radius 2 is 1.92 bits per heavy atom. The predicted octanol–water partition coefficient (Wildman–Crippen LogP) is 1.22. The molecule has 1 fully saturated rings. The first-order valence-corrected chi connectivity index (χ1v) is 7.87. The molecular formula is C16H23IN4O3. The average molecular weight is 446 g/mol. The van der Waals surface area contributed by atoms with Crippen molar-refractivity contribution in [3.63, 3.8) is 0 Å². The normalized spacial score (nSPS) is 15.5. The van der Waals surface area contributed by atoms with Gasteiger partial charge in [-0.05, 0) is 30.5 Å². The number of amides is 1. The van der Waals surface area contributed by atoms with E-state index in [2.05, 4.69) is 20.9 Å². The van der Waals surface area contributed by atoms with Gasteiger partial charge in [0.25, 0.3) is 0 Å². The lowest BCUT2D eigenvalue weighted by atomic mass is 10.2. The molecule has 0 saturated heterocycles. The standard InChI is InChI=1S/C16H22N4O3.HI/c1-17-16(19-7-6-18-15(21)12-3-4-12)20-9-11-2-5-13-14(8-11)23-10-22-13;/h2,5,8,12H,3-4,6-7,9-10H2,1H3,(H,18,21)(H2,17,19,20);1H. The van der Waals surface area contributed by atoms with Crippen molar-refractivity contribution in [3.05, 3.63) is 23.8 Å². The summed E-state index contributed by atoms with van der Waals surface area (Å²) in [6.45, 7) is 2.14. The topological polar surface area (TPSA) is 84.0 Å². The number of hydrogen-bond donors (Lipinski definition) is 3. The number of benzene rings is 1. The van der Waals surface area contributed by atoms with Gasteiger partial charge in [0.2, 0.25) is 12.7 Å².